The fourth-order valence-corrected chi connectivity index (χ4v) is 3.37. The summed E-state index contributed by atoms with van der Waals surface area (Å²) in [6.07, 6.45) is -1.15. The molecule has 1 N–H and O–H groups in total. The van der Waals surface area contributed by atoms with Crippen molar-refractivity contribution in [3.63, 3.8) is 0 Å². The van der Waals surface area contributed by atoms with Crippen molar-refractivity contribution in [3.05, 3.63) is 0 Å². The van der Waals surface area contributed by atoms with Gasteiger partial charge in [0.2, 0.25) is 5.91 Å². The van der Waals surface area contributed by atoms with Crippen molar-refractivity contribution in [3.8, 4) is 0 Å². The number of nitrogens with one attached hydrogen (secondary N) is 1. The highest BCUT2D eigenvalue weighted by Gasteiger charge is 2.44. The molecule has 0 radical (unpaired) electrons. The Morgan fingerprint density at radius 2 is 1.80 bits per heavy atom. The Kier molecular flexibility index (Phi) is 4.94. The van der Waals surface area contributed by atoms with Crippen molar-refractivity contribution in [2.24, 2.45) is 11.8 Å². The van der Waals surface area contributed by atoms with Crippen LogP contribution in [-0.4, -0.2) is 43.2 Å². The van der Waals surface area contributed by atoms with Gasteiger partial charge < -0.3 is 10.2 Å². The molecule has 0 aromatic rings. The summed E-state index contributed by atoms with van der Waals surface area (Å²) in [6, 6.07) is 0.176. The van der Waals surface area contributed by atoms with Crippen LogP contribution in [0.4, 0.5) is 13.2 Å². The average molecular weight is 292 g/mol. The largest absolute Gasteiger partial charge is 0.391 e. The van der Waals surface area contributed by atoms with Gasteiger partial charge in [0, 0.05) is 19.0 Å². The van der Waals surface area contributed by atoms with Crippen LogP contribution >= 0.6 is 0 Å². The molecule has 0 aromatic heterocycles. The Morgan fingerprint density at radius 1 is 1.15 bits per heavy atom. The van der Waals surface area contributed by atoms with Gasteiger partial charge >= 0.3 is 6.18 Å². The Bertz CT molecular complexity index is 340. The van der Waals surface area contributed by atoms with Crippen molar-refractivity contribution in [1.82, 2.24) is 10.2 Å². The van der Waals surface area contributed by atoms with E-state index in [4.69, 9.17) is 0 Å². The topological polar surface area (TPSA) is 32.3 Å². The number of carbonyl (C=O) groups is 1. The van der Waals surface area contributed by atoms with Crippen LogP contribution in [0, 0.1) is 11.8 Å². The van der Waals surface area contributed by atoms with Crippen LogP contribution in [0.15, 0.2) is 0 Å². The molecule has 1 amide bonds. The average Bonchev–Trinajstić information content (AvgIpc) is 2.46. The highest BCUT2D eigenvalue weighted by molar-refractivity contribution is 5.79. The smallest absolute Gasteiger partial charge is 0.342 e. The van der Waals surface area contributed by atoms with Gasteiger partial charge in [0.25, 0.3) is 0 Å². The van der Waals surface area contributed by atoms with Gasteiger partial charge in [-0.15, -0.1) is 0 Å². The second-order valence-electron chi connectivity index (χ2n) is 6.03. The van der Waals surface area contributed by atoms with Gasteiger partial charge in [-0.25, -0.2) is 0 Å². The molecule has 2 fully saturated rings. The minimum absolute atomic E-state index is 0.0301. The van der Waals surface area contributed by atoms with Gasteiger partial charge in [0.15, 0.2) is 0 Å². The minimum atomic E-state index is -4.16. The lowest BCUT2D eigenvalue weighted by molar-refractivity contribution is -0.187. The minimum Gasteiger partial charge on any atom is -0.342 e. The molecule has 6 heteroatoms. The van der Waals surface area contributed by atoms with E-state index in [2.05, 4.69) is 5.32 Å². The third kappa shape index (κ3) is 3.65. The molecule has 1 saturated carbocycles. The lowest BCUT2D eigenvalue weighted by Gasteiger charge is -2.36. The Balaban J connectivity index is 1.94. The predicted molar refractivity (Wildman–Crippen MR) is 70.2 cm³/mol. The quantitative estimate of drug-likeness (QED) is 0.848. The molecule has 20 heavy (non-hydrogen) atoms. The second kappa shape index (κ2) is 6.33. The molecule has 0 spiro atoms. The molecular weight excluding hydrogens is 269 g/mol. The van der Waals surface area contributed by atoms with Crippen molar-refractivity contribution < 1.29 is 18.0 Å². The molecule has 2 unspecified atom stereocenters. The molecule has 2 rings (SSSR count). The van der Waals surface area contributed by atoms with Gasteiger partial charge in [-0.3, -0.25) is 4.79 Å². The number of carbonyl (C=O) groups excluding carboxylic acids is 1. The number of amides is 1. The van der Waals surface area contributed by atoms with Crippen molar-refractivity contribution in [1.29, 1.82) is 0 Å². The van der Waals surface area contributed by atoms with Crippen LogP contribution in [0.2, 0.25) is 0 Å². The maximum absolute atomic E-state index is 12.8. The van der Waals surface area contributed by atoms with E-state index in [1.165, 1.54) is 0 Å². The van der Waals surface area contributed by atoms with E-state index in [0.29, 0.717) is 12.8 Å². The first-order chi connectivity index (χ1) is 9.39. The maximum Gasteiger partial charge on any atom is 0.391 e. The van der Waals surface area contributed by atoms with Gasteiger partial charge in [-0.2, -0.15) is 13.2 Å². The summed E-state index contributed by atoms with van der Waals surface area (Å²) in [4.78, 5) is 14.1. The number of piperidine rings is 1. The van der Waals surface area contributed by atoms with Crippen molar-refractivity contribution >= 4 is 5.91 Å². The van der Waals surface area contributed by atoms with Gasteiger partial charge in [0.05, 0.1) is 5.92 Å². The van der Waals surface area contributed by atoms with E-state index < -0.39 is 18.0 Å². The van der Waals surface area contributed by atoms with Crippen LogP contribution in [0.5, 0.6) is 0 Å². The fourth-order valence-electron chi connectivity index (χ4n) is 3.37. The molecule has 2 atom stereocenters. The van der Waals surface area contributed by atoms with Crippen LogP contribution in [0.3, 0.4) is 0 Å². The summed E-state index contributed by atoms with van der Waals surface area (Å²) in [6.45, 7) is 1.75. The van der Waals surface area contributed by atoms with Crippen molar-refractivity contribution in [2.75, 3.05) is 20.1 Å². The van der Waals surface area contributed by atoms with Crippen LogP contribution in [0.25, 0.3) is 0 Å². The second-order valence-corrected chi connectivity index (χ2v) is 6.03. The first kappa shape index (κ1) is 15.6. The van der Waals surface area contributed by atoms with Crippen LogP contribution in [-0.2, 0) is 4.79 Å². The molecule has 1 aliphatic heterocycles. The van der Waals surface area contributed by atoms with Gasteiger partial charge in [-0.05, 0) is 45.2 Å². The Morgan fingerprint density at radius 3 is 2.40 bits per heavy atom. The predicted octanol–water partition coefficient (Wildman–Crippen LogP) is 2.57. The summed E-state index contributed by atoms with van der Waals surface area (Å²) >= 11 is 0. The molecule has 1 saturated heterocycles. The zero-order chi connectivity index (χ0) is 14.8. The molecule has 0 bridgehead atoms. The monoisotopic (exact) mass is 292 g/mol. The van der Waals surface area contributed by atoms with E-state index in [9.17, 15) is 18.0 Å². The van der Waals surface area contributed by atoms with E-state index in [1.807, 2.05) is 0 Å². The molecule has 1 aliphatic carbocycles. The van der Waals surface area contributed by atoms with E-state index in [-0.39, 0.29) is 24.8 Å². The molecular formula is C14H23F3N2O. The fraction of sp³-hybridized carbons (Fsp3) is 0.929. The molecule has 116 valence electrons. The summed E-state index contributed by atoms with van der Waals surface area (Å²) < 4.78 is 38.4. The summed E-state index contributed by atoms with van der Waals surface area (Å²) in [5, 5.41) is 3.23. The van der Waals surface area contributed by atoms with E-state index >= 15 is 0 Å². The van der Waals surface area contributed by atoms with E-state index in [0.717, 1.165) is 25.9 Å². The standard InChI is InChI=1S/C14H23F3N2O/c1-19(12-5-7-18-8-6-12)13(20)10-3-2-4-11(9-10)14(15,16)17/h10-12,18H,2-9H2,1H3. The number of halogens is 3. The number of hydrogen-bond acceptors (Lipinski definition) is 2. The Labute approximate surface area is 117 Å². The number of rotatable bonds is 2. The van der Waals surface area contributed by atoms with E-state index in [1.54, 1.807) is 11.9 Å². The zero-order valence-electron chi connectivity index (χ0n) is 11.9. The molecule has 3 nitrogen and oxygen atoms in total. The van der Waals surface area contributed by atoms with Crippen LogP contribution < -0.4 is 5.32 Å². The normalized spacial score (nSPS) is 29.2. The SMILES string of the molecule is CN(C(=O)C1CCCC(C(F)(F)F)C1)C1CCNCC1. The lowest BCUT2D eigenvalue weighted by Crippen LogP contribution is -2.47. The van der Waals surface area contributed by atoms with Crippen molar-refractivity contribution in [2.45, 2.75) is 50.7 Å². The molecule has 0 aromatic carbocycles. The summed E-state index contributed by atoms with van der Waals surface area (Å²) in [7, 11) is 1.75. The first-order valence-corrected chi connectivity index (χ1v) is 7.43. The van der Waals surface area contributed by atoms with Gasteiger partial charge in [-0.1, -0.05) is 6.42 Å². The number of hydrogen-bond donors (Lipinski definition) is 1. The van der Waals surface area contributed by atoms with Gasteiger partial charge in [0.1, 0.15) is 0 Å². The zero-order valence-corrected chi connectivity index (χ0v) is 11.9. The highest BCUT2D eigenvalue weighted by atomic mass is 19.4. The van der Waals surface area contributed by atoms with Crippen LogP contribution in [0.1, 0.15) is 38.5 Å². The third-order valence-corrected chi connectivity index (χ3v) is 4.69. The summed E-state index contributed by atoms with van der Waals surface area (Å²) in [5.41, 5.74) is 0. The third-order valence-electron chi connectivity index (χ3n) is 4.69. The number of alkyl halides is 3. The highest BCUT2D eigenvalue weighted by Crippen LogP contribution is 2.40. The maximum atomic E-state index is 12.8. The number of nitrogens with zero attached hydrogens (tertiary/aromatic N) is 1. The summed E-state index contributed by atoms with van der Waals surface area (Å²) in [5.74, 6) is -1.84. The lowest BCUT2D eigenvalue weighted by atomic mass is 9.80. The molecule has 2 aliphatic rings. The Hall–Kier alpha value is -0.780. The first-order valence-electron chi connectivity index (χ1n) is 7.43. The molecule has 1 heterocycles.